The molecule has 1 saturated heterocycles. The van der Waals surface area contributed by atoms with Crippen LogP contribution in [-0.2, 0) is 0 Å². The summed E-state index contributed by atoms with van der Waals surface area (Å²) in [6.07, 6.45) is 4.64. The van der Waals surface area contributed by atoms with Crippen LogP contribution in [0.4, 0.5) is 0 Å². The number of aromatic nitrogens is 1. The molecule has 1 aliphatic heterocycles. The van der Waals surface area contributed by atoms with Crippen molar-refractivity contribution in [2.45, 2.75) is 24.6 Å². The zero-order valence-electron chi connectivity index (χ0n) is 11.2. The normalized spacial score (nSPS) is 21.1. The van der Waals surface area contributed by atoms with E-state index in [1.165, 1.54) is 11.5 Å². The number of nitrogens with two attached hydrogens (primary N) is 1. The van der Waals surface area contributed by atoms with Gasteiger partial charge in [-0.25, -0.2) is 0 Å². The third kappa shape index (κ3) is 4.27. The van der Waals surface area contributed by atoms with Crippen LogP contribution >= 0.6 is 23.5 Å². The predicted octanol–water partition coefficient (Wildman–Crippen LogP) is 2.22. The lowest BCUT2D eigenvalue weighted by Crippen LogP contribution is -2.37. The summed E-state index contributed by atoms with van der Waals surface area (Å²) in [6.45, 7) is 2.82. The van der Waals surface area contributed by atoms with Crippen molar-refractivity contribution < 1.29 is 4.74 Å². The summed E-state index contributed by atoms with van der Waals surface area (Å²) < 4.78 is 5.63. The van der Waals surface area contributed by atoms with Crippen LogP contribution in [0.15, 0.2) is 18.5 Å². The zero-order valence-corrected chi connectivity index (χ0v) is 12.8. The molecule has 0 aliphatic carbocycles. The van der Waals surface area contributed by atoms with Crippen LogP contribution in [0.25, 0.3) is 0 Å². The molecule has 106 valence electrons. The molecule has 1 aliphatic rings. The average Bonchev–Trinajstić information content (AvgIpc) is 2.47. The number of pyridine rings is 1. The summed E-state index contributed by atoms with van der Waals surface area (Å²) in [6, 6.07) is 2.18. The summed E-state index contributed by atoms with van der Waals surface area (Å²) in [5.74, 6) is 10.1. The molecule has 0 bridgehead atoms. The average molecular weight is 299 g/mol. The molecule has 1 fully saturated rings. The minimum atomic E-state index is 0.135. The molecule has 1 aromatic rings. The molecule has 1 aromatic heterocycles. The van der Waals surface area contributed by atoms with E-state index in [-0.39, 0.29) is 6.04 Å². The van der Waals surface area contributed by atoms with Crippen LogP contribution in [-0.4, -0.2) is 34.1 Å². The third-order valence-corrected chi connectivity index (χ3v) is 5.82. The first-order valence-electron chi connectivity index (χ1n) is 6.58. The maximum Gasteiger partial charge on any atom is 0.137 e. The van der Waals surface area contributed by atoms with E-state index in [0.29, 0.717) is 5.25 Å². The molecule has 0 amide bonds. The topological polar surface area (TPSA) is 60.2 Å². The highest BCUT2D eigenvalue weighted by molar-refractivity contribution is 8.06. The third-order valence-electron chi connectivity index (χ3n) is 2.96. The number of nitrogens with zero attached hydrogens (tertiary/aromatic N) is 1. The van der Waals surface area contributed by atoms with Gasteiger partial charge in [-0.15, -0.1) is 0 Å². The Kier molecular flexibility index (Phi) is 6.30. The standard InChI is InChI=1S/C13H21N3OS2/c1-2-3-17-11-6-10(7-15-8-11)13(16-14)12-9-18-4-5-19-12/h6-8,12-13,16H,2-5,9,14H2,1H3. The lowest BCUT2D eigenvalue weighted by atomic mass is 10.1. The molecular weight excluding hydrogens is 278 g/mol. The van der Waals surface area contributed by atoms with E-state index in [4.69, 9.17) is 10.6 Å². The van der Waals surface area contributed by atoms with Gasteiger partial charge in [-0.1, -0.05) is 6.92 Å². The molecule has 2 atom stereocenters. The van der Waals surface area contributed by atoms with E-state index in [1.54, 1.807) is 6.20 Å². The Labute approximate surface area is 123 Å². The summed E-state index contributed by atoms with van der Waals surface area (Å²) >= 11 is 3.97. The van der Waals surface area contributed by atoms with E-state index in [9.17, 15) is 0 Å². The molecule has 2 unspecified atom stereocenters. The zero-order chi connectivity index (χ0) is 13.5. The lowest BCUT2D eigenvalue weighted by Gasteiger charge is -2.29. The van der Waals surface area contributed by atoms with Crippen molar-refractivity contribution in [1.82, 2.24) is 10.4 Å². The Morgan fingerprint density at radius 2 is 2.42 bits per heavy atom. The van der Waals surface area contributed by atoms with Crippen LogP contribution in [0.5, 0.6) is 5.75 Å². The number of hydrogen-bond donors (Lipinski definition) is 2. The van der Waals surface area contributed by atoms with Crippen LogP contribution in [0.3, 0.4) is 0 Å². The van der Waals surface area contributed by atoms with Crippen LogP contribution in [0, 0.1) is 0 Å². The van der Waals surface area contributed by atoms with Gasteiger partial charge in [0, 0.05) is 28.7 Å². The minimum Gasteiger partial charge on any atom is -0.492 e. The molecule has 0 radical (unpaired) electrons. The summed E-state index contributed by atoms with van der Waals surface area (Å²) in [7, 11) is 0. The number of nitrogens with one attached hydrogen (secondary N) is 1. The van der Waals surface area contributed by atoms with E-state index in [1.807, 2.05) is 35.8 Å². The van der Waals surface area contributed by atoms with Gasteiger partial charge in [0.2, 0.25) is 0 Å². The van der Waals surface area contributed by atoms with Gasteiger partial charge in [0.15, 0.2) is 0 Å². The molecule has 19 heavy (non-hydrogen) atoms. The minimum absolute atomic E-state index is 0.135. The van der Waals surface area contributed by atoms with Gasteiger partial charge in [0.25, 0.3) is 0 Å². The predicted molar refractivity (Wildman–Crippen MR) is 83.7 cm³/mol. The highest BCUT2D eigenvalue weighted by Crippen LogP contribution is 2.33. The summed E-state index contributed by atoms with van der Waals surface area (Å²) in [4.78, 5) is 4.26. The van der Waals surface area contributed by atoms with Gasteiger partial charge >= 0.3 is 0 Å². The molecule has 6 heteroatoms. The highest BCUT2D eigenvalue weighted by atomic mass is 32.2. The molecule has 4 nitrogen and oxygen atoms in total. The first kappa shape index (κ1) is 15.0. The van der Waals surface area contributed by atoms with Crippen LogP contribution in [0.1, 0.15) is 24.9 Å². The fourth-order valence-electron chi connectivity index (χ4n) is 2.02. The van der Waals surface area contributed by atoms with E-state index in [0.717, 1.165) is 30.1 Å². The molecule has 0 aromatic carbocycles. The van der Waals surface area contributed by atoms with Crippen LogP contribution < -0.4 is 16.0 Å². The molecule has 2 heterocycles. The largest absolute Gasteiger partial charge is 0.492 e. The number of hydrazine groups is 1. The van der Waals surface area contributed by atoms with Gasteiger partial charge < -0.3 is 4.74 Å². The van der Waals surface area contributed by atoms with Gasteiger partial charge in [-0.3, -0.25) is 16.3 Å². The Morgan fingerprint density at radius 1 is 1.53 bits per heavy atom. The fraction of sp³-hybridized carbons (Fsp3) is 0.615. The maximum atomic E-state index is 5.74. The Balaban J connectivity index is 2.08. The fourth-order valence-corrected chi connectivity index (χ4v) is 4.87. The van der Waals surface area contributed by atoms with Gasteiger partial charge in [-0.05, 0) is 18.1 Å². The van der Waals surface area contributed by atoms with Crippen molar-refractivity contribution in [2.75, 3.05) is 23.9 Å². The second-order valence-corrected chi connectivity index (χ2v) is 6.93. The maximum absolute atomic E-state index is 5.74. The van der Waals surface area contributed by atoms with Gasteiger partial charge in [0.05, 0.1) is 18.8 Å². The Bertz CT molecular complexity index is 386. The second kappa shape index (κ2) is 7.99. The smallest absolute Gasteiger partial charge is 0.137 e. The number of hydrogen-bond acceptors (Lipinski definition) is 6. The monoisotopic (exact) mass is 299 g/mol. The van der Waals surface area contributed by atoms with E-state index >= 15 is 0 Å². The van der Waals surface area contributed by atoms with Crippen LogP contribution in [0.2, 0.25) is 0 Å². The summed E-state index contributed by atoms with van der Waals surface area (Å²) in [5.41, 5.74) is 4.05. The summed E-state index contributed by atoms with van der Waals surface area (Å²) in [5, 5.41) is 0.493. The van der Waals surface area contributed by atoms with Crippen molar-refractivity contribution in [2.24, 2.45) is 5.84 Å². The first-order chi connectivity index (χ1) is 9.35. The quantitative estimate of drug-likeness (QED) is 0.620. The van der Waals surface area contributed by atoms with Crippen molar-refractivity contribution >= 4 is 23.5 Å². The Morgan fingerprint density at radius 3 is 3.11 bits per heavy atom. The first-order valence-corrected chi connectivity index (χ1v) is 8.78. The number of thioether (sulfide) groups is 2. The highest BCUT2D eigenvalue weighted by Gasteiger charge is 2.25. The SMILES string of the molecule is CCCOc1cncc(C(NN)C2CSCCS2)c1. The van der Waals surface area contributed by atoms with Gasteiger partial charge in [-0.2, -0.15) is 23.5 Å². The van der Waals surface area contributed by atoms with Crippen molar-refractivity contribution in [3.63, 3.8) is 0 Å². The second-order valence-electron chi connectivity index (χ2n) is 4.43. The molecule has 0 spiro atoms. The Hall–Kier alpha value is -0.430. The van der Waals surface area contributed by atoms with Gasteiger partial charge in [0.1, 0.15) is 5.75 Å². The lowest BCUT2D eigenvalue weighted by molar-refractivity contribution is 0.315. The van der Waals surface area contributed by atoms with E-state index in [2.05, 4.69) is 17.3 Å². The molecule has 0 saturated carbocycles. The molecule has 3 N–H and O–H groups in total. The van der Waals surface area contributed by atoms with Crippen molar-refractivity contribution in [3.8, 4) is 5.75 Å². The van der Waals surface area contributed by atoms with Crippen molar-refractivity contribution in [3.05, 3.63) is 24.0 Å². The van der Waals surface area contributed by atoms with Crippen molar-refractivity contribution in [1.29, 1.82) is 0 Å². The molecular formula is C13H21N3OS2. The van der Waals surface area contributed by atoms with E-state index < -0.39 is 0 Å². The molecule has 2 rings (SSSR count). The number of rotatable bonds is 6. The number of ether oxygens (including phenoxy) is 1.